The van der Waals surface area contributed by atoms with Crippen LogP contribution in [0.3, 0.4) is 0 Å². The summed E-state index contributed by atoms with van der Waals surface area (Å²) in [5.41, 5.74) is 8.32. The van der Waals surface area contributed by atoms with E-state index in [1.807, 2.05) is 0 Å². The van der Waals surface area contributed by atoms with Crippen LogP contribution in [0.25, 0.3) is 0 Å². The van der Waals surface area contributed by atoms with E-state index in [9.17, 15) is 0 Å². The average molecular weight is 177 g/mol. The Labute approximate surface area is 78.7 Å². The van der Waals surface area contributed by atoms with Crippen molar-refractivity contribution in [2.24, 2.45) is 5.73 Å². The molecule has 2 heteroatoms. The Morgan fingerprint density at radius 1 is 1.38 bits per heavy atom. The highest BCUT2D eigenvalue weighted by Crippen LogP contribution is 2.28. The molecule has 0 amide bonds. The molecule has 70 valence electrons. The van der Waals surface area contributed by atoms with Gasteiger partial charge in [0.1, 0.15) is 0 Å². The van der Waals surface area contributed by atoms with Gasteiger partial charge in [-0.15, -0.1) is 0 Å². The maximum absolute atomic E-state index is 5.56. The summed E-state index contributed by atoms with van der Waals surface area (Å²) in [6.45, 7) is 2.33. The van der Waals surface area contributed by atoms with E-state index < -0.39 is 0 Å². The van der Waals surface area contributed by atoms with Crippen molar-refractivity contribution in [3.05, 3.63) is 35.4 Å². The van der Waals surface area contributed by atoms with Crippen molar-refractivity contribution in [3.63, 3.8) is 0 Å². The van der Waals surface area contributed by atoms with Crippen LogP contribution in [-0.2, 0) is 11.3 Å². The standard InChI is InChI=1S/C11H15NO/c12-6-5-10-8-13-7-9-3-1-2-4-11(9)10/h1-4,10H,5-8,12H2. The predicted octanol–water partition coefficient (Wildman–Crippen LogP) is 1.65. The van der Waals surface area contributed by atoms with Crippen molar-refractivity contribution >= 4 is 0 Å². The molecule has 1 atom stereocenters. The van der Waals surface area contributed by atoms with Crippen molar-refractivity contribution in [1.29, 1.82) is 0 Å². The lowest BCUT2D eigenvalue weighted by Crippen LogP contribution is -2.19. The fraction of sp³-hybridized carbons (Fsp3) is 0.455. The molecule has 13 heavy (non-hydrogen) atoms. The highest BCUT2D eigenvalue weighted by Gasteiger charge is 2.18. The Balaban J connectivity index is 2.26. The Bertz CT molecular complexity index is 285. The van der Waals surface area contributed by atoms with Crippen LogP contribution in [-0.4, -0.2) is 13.2 Å². The molecule has 1 unspecified atom stereocenters. The molecule has 0 fully saturated rings. The number of benzene rings is 1. The summed E-state index contributed by atoms with van der Waals surface area (Å²) in [5.74, 6) is 0.509. The van der Waals surface area contributed by atoms with Crippen LogP contribution in [0.4, 0.5) is 0 Å². The first-order chi connectivity index (χ1) is 6.42. The zero-order valence-corrected chi connectivity index (χ0v) is 7.70. The third kappa shape index (κ3) is 1.74. The number of nitrogens with two attached hydrogens (primary N) is 1. The summed E-state index contributed by atoms with van der Waals surface area (Å²) in [7, 11) is 0. The van der Waals surface area contributed by atoms with Gasteiger partial charge >= 0.3 is 0 Å². The fourth-order valence-corrected chi connectivity index (χ4v) is 1.90. The summed E-state index contributed by atoms with van der Waals surface area (Å²) >= 11 is 0. The van der Waals surface area contributed by atoms with Gasteiger partial charge in [0.05, 0.1) is 13.2 Å². The quantitative estimate of drug-likeness (QED) is 0.745. The highest BCUT2D eigenvalue weighted by molar-refractivity contribution is 5.31. The minimum atomic E-state index is 0.509. The van der Waals surface area contributed by atoms with Gasteiger partial charge in [0.2, 0.25) is 0 Å². The maximum Gasteiger partial charge on any atom is 0.0719 e. The third-order valence-electron chi connectivity index (χ3n) is 2.59. The molecule has 1 aromatic rings. The van der Waals surface area contributed by atoms with Crippen molar-refractivity contribution in [1.82, 2.24) is 0 Å². The van der Waals surface area contributed by atoms with Crippen LogP contribution < -0.4 is 5.73 Å². The van der Waals surface area contributed by atoms with Crippen LogP contribution >= 0.6 is 0 Å². The summed E-state index contributed by atoms with van der Waals surface area (Å²) in [6.07, 6.45) is 1.02. The molecule has 0 saturated heterocycles. The molecule has 0 bridgehead atoms. The number of hydrogen-bond donors (Lipinski definition) is 1. The molecule has 0 spiro atoms. The fourth-order valence-electron chi connectivity index (χ4n) is 1.90. The number of ether oxygens (including phenoxy) is 1. The Hall–Kier alpha value is -0.860. The molecular weight excluding hydrogens is 162 g/mol. The number of fused-ring (bicyclic) bond motifs is 1. The lowest BCUT2D eigenvalue weighted by atomic mass is 9.91. The van der Waals surface area contributed by atoms with E-state index in [1.54, 1.807) is 0 Å². The predicted molar refractivity (Wildman–Crippen MR) is 52.5 cm³/mol. The number of rotatable bonds is 2. The smallest absolute Gasteiger partial charge is 0.0719 e. The summed E-state index contributed by atoms with van der Waals surface area (Å²) < 4.78 is 5.51. The van der Waals surface area contributed by atoms with Gasteiger partial charge in [0.25, 0.3) is 0 Å². The summed E-state index contributed by atoms with van der Waals surface area (Å²) in [5, 5.41) is 0. The Morgan fingerprint density at radius 2 is 2.23 bits per heavy atom. The summed E-state index contributed by atoms with van der Waals surface area (Å²) in [6, 6.07) is 8.48. The molecule has 1 aliphatic rings. The molecule has 0 radical (unpaired) electrons. The second kappa shape index (κ2) is 3.90. The van der Waals surface area contributed by atoms with Gasteiger partial charge in [-0.1, -0.05) is 24.3 Å². The first-order valence-electron chi connectivity index (χ1n) is 4.77. The highest BCUT2D eigenvalue weighted by atomic mass is 16.5. The van der Waals surface area contributed by atoms with Crippen molar-refractivity contribution in [2.45, 2.75) is 18.9 Å². The molecule has 2 nitrogen and oxygen atoms in total. The molecule has 2 rings (SSSR count). The lowest BCUT2D eigenvalue weighted by molar-refractivity contribution is 0.0893. The second-order valence-electron chi connectivity index (χ2n) is 3.49. The molecule has 1 aliphatic heterocycles. The summed E-state index contributed by atoms with van der Waals surface area (Å²) in [4.78, 5) is 0. The lowest BCUT2D eigenvalue weighted by Gasteiger charge is -2.25. The van der Waals surface area contributed by atoms with Gasteiger partial charge in [0, 0.05) is 5.92 Å². The van der Waals surface area contributed by atoms with Crippen LogP contribution in [0.15, 0.2) is 24.3 Å². The van der Waals surface area contributed by atoms with Crippen LogP contribution in [0, 0.1) is 0 Å². The van der Waals surface area contributed by atoms with Gasteiger partial charge in [-0.2, -0.15) is 0 Å². The van der Waals surface area contributed by atoms with Crippen molar-refractivity contribution in [2.75, 3.05) is 13.2 Å². The van der Waals surface area contributed by atoms with Gasteiger partial charge in [-0.3, -0.25) is 0 Å². The van der Waals surface area contributed by atoms with Crippen molar-refractivity contribution in [3.8, 4) is 0 Å². The van der Waals surface area contributed by atoms with Gasteiger partial charge in [-0.25, -0.2) is 0 Å². The first kappa shape index (κ1) is 8.73. The number of hydrogen-bond acceptors (Lipinski definition) is 2. The zero-order chi connectivity index (χ0) is 9.10. The Morgan fingerprint density at radius 3 is 3.08 bits per heavy atom. The molecule has 0 saturated carbocycles. The first-order valence-corrected chi connectivity index (χ1v) is 4.77. The van der Waals surface area contributed by atoms with Crippen molar-refractivity contribution < 1.29 is 4.74 Å². The van der Waals surface area contributed by atoms with E-state index in [0.29, 0.717) is 5.92 Å². The third-order valence-corrected chi connectivity index (χ3v) is 2.59. The molecule has 1 heterocycles. The normalized spacial score (nSPS) is 21.2. The average Bonchev–Trinajstić information content (AvgIpc) is 2.19. The van der Waals surface area contributed by atoms with E-state index in [2.05, 4.69) is 24.3 Å². The van der Waals surface area contributed by atoms with Gasteiger partial charge in [0.15, 0.2) is 0 Å². The van der Waals surface area contributed by atoms with Gasteiger partial charge < -0.3 is 10.5 Å². The van der Waals surface area contributed by atoms with E-state index in [4.69, 9.17) is 10.5 Å². The second-order valence-corrected chi connectivity index (χ2v) is 3.49. The molecule has 0 aliphatic carbocycles. The maximum atomic E-state index is 5.56. The SMILES string of the molecule is NCCC1COCc2ccccc21. The Kier molecular flexibility index (Phi) is 2.62. The molecule has 2 N–H and O–H groups in total. The molecular formula is C11H15NO. The van der Waals surface area contributed by atoms with E-state index in [-0.39, 0.29) is 0 Å². The van der Waals surface area contributed by atoms with E-state index >= 15 is 0 Å². The van der Waals surface area contributed by atoms with Crippen LogP contribution in [0.1, 0.15) is 23.5 Å². The van der Waals surface area contributed by atoms with E-state index in [1.165, 1.54) is 11.1 Å². The topological polar surface area (TPSA) is 35.2 Å². The monoisotopic (exact) mass is 177 g/mol. The molecule has 0 aromatic heterocycles. The molecule has 1 aromatic carbocycles. The minimum Gasteiger partial charge on any atom is -0.376 e. The zero-order valence-electron chi connectivity index (χ0n) is 7.70. The van der Waals surface area contributed by atoms with E-state index in [0.717, 1.165) is 26.2 Å². The van der Waals surface area contributed by atoms with Crippen LogP contribution in [0.2, 0.25) is 0 Å². The largest absolute Gasteiger partial charge is 0.376 e. The van der Waals surface area contributed by atoms with Crippen LogP contribution in [0.5, 0.6) is 0 Å². The minimum absolute atomic E-state index is 0.509. The van der Waals surface area contributed by atoms with Gasteiger partial charge in [-0.05, 0) is 24.1 Å².